The molecule has 1 spiro atoms. The zero-order chi connectivity index (χ0) is 20.6. The lowest BCUT2D eigenvalue weighted by Crippen LogP contribution is -2.55. The van der Waals surface area contributed by atoms with Crippen LogP contribution in [0.4, 0.5) is 5.82 Å². The van der Waals surface area contributed by atoms with Crippen molar-refractivity contribution in [2.24, 2.45) is 0 Å². The van der Waals surface area contributed by atoms with Crippen LogP contribution >= 0.6 is 11.6 Å². The second kappa shape index (κ2) is 7.71. The molecule has 0 aliphatic carbocycles. The second-order valence-electron chi connectivity index (χ2n) is 7.40. The maximum Gasteiger partial charge on any atom is 0.243 e. The van der Waals surface area contributed by atoms with E-state index >= 15 is 0 Å². The van der Waals surface area contributed by atoms with E-state index in [1.807, 2.05) is 10.7 Å². The average molecular weight is 439 g/mol. The maximum atomic E-state index is 13.0. The molecule has 0 unspecified atom stereocenters. The van der Waals surface area contributed by atoms with E-state index in [4.69, 9.17) is 16.3 Å². The summed E-state index contributed by atoms with van der Waals surface area (Å²) >= 11 is 5.88. The van der Waals surface area contributed by atoms with Crippen molar-refractivity contribution in [1.82, 2.24) is 14.1 Å². The molecule has 2 aliphatic heterocycles. The van der Waals surface area contributed by atoms with Gasteiger partial charge in [-0.2, -0.15) is 9.40 Å². The SMILES string of the molecule is COCCN1C(=O)CC2(CCN(S(=O)(=O)c3ccc(Cl)cc3)CC2)n2nccc21. The van der Waals surface area contributed by atoms with Crippen LogP contribution in [0.25, 0.3) is 0 Å². The summed E-state index contributed by atoms with van der Waals surface area (Å²) in [6.45, 7) is 1.57. The van der Waals surface area contributed by atoms with E-state index in [0.29, 0.717) is 50.5 Å². The molecule has 2 aliphatic rings. The Bertz CT molecular complexity index is 997. The molecule has 0 bridgehead atoms. The first-order chi connectivity index (χ1) is 13.9. The standard InChI is InChI=1S/C19H23ClN4O4S/c1-28-13-12-23-17-6-9-21-24(17)19(14-18(23)25)7-10-22(11-8-19)29(26,27)16-4-2-15(20)3-5-16/h2-6,9H,7-8,10-14H2,1H3. The van der Waals surface area contributed by atoms with Gasteiger partial charge in [-0.3, -0.25) is 9.69 Å². The van der Waals surface area contributed by atoms with E-state index in [-0.39, 0.29) is 10.8 Å². The van der Waals surface area contributed by atoms with Crippen LogP contribution in [0.15, 0.2) is 41.4 Å². The number of ether oxygens (including phenoxy) is 1. The van der Waals surface area contributed by atoms with Crippen LogP contribution in [0.1, 0.15) is 19.3 Å². The van der Waals surface area contributed by atoms with Gasteiger partial charge in [-0.05, 0) is 37.1 Å². The molecule has 2 aromatic rings. The molecule has 4 rings (SSSR count). The van der Waals surface area contributed by atoms with Crippen molar-refractivity contribution in [1.29, 1.82) is 0 Å². The Morgan fingerprint density at radius 2 is 1.86 bits per heavy atom. The number of piperidine rings is 1. The first kappa shape index (κ1) is 20.3. The number of hydrogen-bond acceptors (Lipinski definition) is 5. The van der Waals surface area contributed by atoms with Crippen molar-refractivity contribution in [2.75, 3.05) is 38.3 Å². The molecule has 1 aromatic carbocycles. The Morgan fingerprint density at radius 1 is 1.17 bits per heavy atom. The molecule has 156 valence electrons. The lowest BCUT2D eigenvalue weighted by molar-refractivity contribution is -0.122. The summed E-state index contributed by atoms with van der Waals surface area (Å²) in [6, 6.07) is 8.01. The number of anilines is 1. The number of methoxy groups -OCH3 is 1. The van der Waals surface area contributed by atoms with Crippen LogP contribution < -0.4 is 4.90 Å². The first-order valence-electron chi connectivity index (χ1n) is 9.47. The van der Waals surface area contributed by atoms with Gasteiger partial charge in [0, 0.05) is 31.3 Å². The van der Waals surface area contributed by atoms with Crippen molar-refractivity contribution in [3.05, 3.63) is 41.6 Å². The smallest absolute Gasteiger partial charge is 0.243 e. The zero-order valence-electron chi connectivity index (χ0n) is 16.1. The lowest BCUT2D eigenvalue weighted by Gasteiger charge is -2.46. The van der Waals surface area contributed by atoms with Crippen molar-refractivity contribution >= 4 is 33.3 Å². The number of amides is 1. The van der Waals surface area contributed by atoms with Gasteiger partial charge in [0.15, 0.2) is 0 Å². The third-order valence-corrected chi connectivity index (χ3v) is 7.92. The van der Waals surface area contributed by atoms with Gasteiger partial charge >= 0.3 is 0 Å². The summed E-state index contributed by atoms with van der Waals surface area (Å²) in [4.78, 5) is 14.8. The fourth-order valence-corrected chi connectivity index (χ4v) is 5.72. The van der Waals surface area contributed by atoms with Crippen molar-refractivity contribution in [2.45, 2.75) is 29.7 Å². The first-order valence-corrected chi connectivity index (χ1v) is 11.3. The highest BCUT2D eigenvalue weighted by Gasteiger charge is 2.47. The number of hydrogen-bond donors (Lipinski definition) is 0. The molecule has 0 radical (unpaired) electrons. The summed E-state index contributed by atoms with van der Waals surface area (Å²) in [5, 5.41) is 4.97. The summed E-state index contributed by atoms with van der Waals surface area (Å²) in [6.07, 6.45) is 3.04. The van der Waals surface area contributed by atoms with E-state index in [9.17, 15) is 13.2 Å². The molecule has 1 aromatic heterocycles. The highest BCUT2D eigenvalue weighted by Crippen LogP contribution is 2.41. The predicted octanol–water partition coefficient (Wildman–Crippen LogP) is 2.10. The van der Waals surface area contributed by atoms with Crippen molar-refractivity contribution < 1.29 is 17.9 Å². The van der Waals surface area contributed by atoms with Crippen LogP contribution in [-0.4, -0.2) is 61.8 Å². The molecule has 1 amide bonds. The second-order valence-corrected chi connectivity index (χ2v) is 9.77. The van der Waals surface area contributed by atoms with Crippen LogP contribution in [0.3, 0.4) is 0 Å². The lowest BCUT2D eigenvalue weighted by atomic mass is 9.83. The van der Waals surface area contributed by atoms with Gasteiger partial charge in [-0.25, -0.2) is 13.1 Å². The number of carbonyl (C=O) groups excluding carboxylic acids is 1. The summed E-state index contributed by atoms with van der Waals surface area (Å²) in [5.41, 5.74) is -0.495. The van der Waals surface area contributed by atoms with E-state index in [0.717, 1.165) is 5.82 Å². The normalized spacial score (nSPS) is 19.5. The van der Waals surface area contributed by atoms with E-state index < -0.39 is 15.6 Å². The van der Waals surface area contributed by atoms with Crippen LogP contribution in [0.2, 0.25) is 5.02 Å². The highest BCUT2D eigenvalue weighted by atomic mass is 35.5. The number of fused-ring (bicyclic) bond motifs is 2. The van der Waals surface area contributed by atoms with Crippen molar-refractivity contribution in [3.63, 3.8) is 0 Å². The molecule has 3 heterocycles. The minimum atomic E-state index is -3.60. The summed E-state index contributed by atoms with van der Waals surface area (Å²) in [5.74, 6) is 0.761. The quantitative estimate of drug-likeness (QED) is 0.713. The maximum absolute atomic E-state index is 13.0. The number of carbonyl (C=O) groups is 1. The van der Waals surface area contributed by atoms with E-state index in [2.05, 4.69) is 5.10 Å². The average Bonchev–Trinajstić information content (AvgIpc) is 3.19. The third kappa shape index (κ3) is 3.56. The van der Waals surface area contributed by atoms with Gasteiger partial charge in [-0.1, -0.05) is 11.6 Å². The molecular formula is C19H23ClN4O4S. The Hall–Kier alpha value is -1.94. The Balaban J connectivity index is 1.55. The largest absolute Gasteiger partial charge is 0.383 e. The number of nitrogens with zero attached hydrogens (tertiary/aromatic N) is 4. The summed E-state index contributed by atoms with van der Waals surface area (Å²) < 4.78 is 34.4. The molecule has 29 heavy (non-hydrogen) atoms. The van der Waals surface area contributed by atoms with Gasteiger partial charge < -0.3 is 4.74 Å². The number of aromatic nitrogens is 2. The van der Waals surface area contributed by atoms with Gasteiger partial charge in [0.2, 0.25) is 15.9 Å². The molecule has 10 heteroatoms. The minimum Gasteiger partial charge on any atom is -0.383 e. The highest BCUT2D eigenvalue weighted by molar-refractivity contribution is 7.89. The Labute approximate surface area is 175 Å². The monoisotopic (exact) mass is 438 g/mol. The predicted molar refractivity (Wildman–Crippen MR) is 108 cm³/mol. The Morgan fingerprint density at radius 3 is 2.52 bits per heavy atom. The number of rotatable bonds is 5. The van der Waals surface area contributed by atoms with Crippen LogP contribution in [0, 0.1) is 0 Å². The van der Waals surface area contributed by atoms with Gasteiger partial charge in [0.25, 0.3) is 0 Å². The molecular weight excluding hydrogens is 416 g/mol. The van der Waals surface area contributed by atoms with Crippen molar-refractivity contribution in [3.8, 4) is 0 Å². The van der Waals surface area contributed by atoms with Gasteiger partial charge in [-0.15, -0.1) is 0 Å². The molecule has 0 atom stereocenters. The van der Waals surface area contributed by atoms with Gasteiger partial charge in [0.05, 0.1) is 36.2 Å². The third-order valence-electron chi connectivity index (χ3n) is 5.75. The Kier molecular flexibility index (Phi) is 5.41. The number of sulfonamides is 1. The van der Waals surface area contributed by atoms with Crippen LogP contribution in [0.5, 0.6) is 0 Å². The number of benzene rings is 1. The van der Waals surface area contributed by atoms with E-state index in [1.165, 1.54) is 16.4 Å². The van der Waals surface area contributed by atoms with Crippen LogP contribution in [-0.2, 0) is 25.1 Å². The molecule has 0 saturated carbocycles. The number of halogens is 1. The molecule has 1 saturated heterocycles. The summed E-state index contributed by atoms with van der Waals surface area (Å²) in [7, 11) is -2.00. The fourth-order valence-electron chi connectivity index (χ4n) is 4.15. The molecule has 0 N–H and O–H groups in total. The molecule has 8 nitrogen and oxygen atoms in total. The topological polar surface area (TPSA) is 84.7 Å². The minimum absolute atomic E-state index is 0.0176. The van der Waals surface area contributed by atoms with Gasteiger partial charge in [0.1, 0.15) is 5.82 Å². The fraction of sp³-hybridized carbons (Fsp3) is 0.474. The molecule has 1 fully saturated rings. The van der Waals surface area contributed by atoms with E-state index in [1.54, 1.807) is 30.3 Å². The zero-order valence-corrected chi connectivity index (χ0v) is 17.7.